The molecule has 1 aromatic carbocycles. The molecule has 0 saturated heterocycles. The molecular weight excluding hydrogens is 503 g/mol. The highest BCUT2D eigenvalue weighted by Crippen LogP contribution is 2.24. The Kier molecular flexibility index (Phi) is 8.72. The molecule has 0 amide bonds. The summed E-state index contributed by atoms with van der Waals surface area (Å²) >= 11 is 6.01. The summed E-state index contributed by atoms with van der Waals surface area (Å²) in [5.41, 5.74) is 1.18. The van der Waals surface area contributed by atoms with Crippen molar-refractivity contribution in [2.45, 2.75) is 51.3 Å². The first-order chi connectivity index (χ1) is 13.4. The molecule has 2 heterocycles. The van der Waals surface area contributed by atoms with E-state index in [1.165, 1.54) is 5.56 Å². The van der Waals surface area contributed by atoms with Crippen molar-refractivity contribution in [2.75, 3.05) is 20.7 Å². The van der Waals surface area contributed by atoms with Crippen LogP contribution in [0.2, 0.25) is 5.02 Å². The number of nitrogens with one attached hydrogen (secondary N) is 2. The quantitative estimate of drug-likeness (QED) is 0.340. The average molecular weight is 533 g/mol. The Morgan fingerprint density at radius 1 is 1.34 bits per heavy atom. The number of fused-ring (bicyclic) bond motifs is 1. The van der Waals surface area contributed by atoms with Crippen molar-refractivity contribution in [3.8, 4) is 0 Å². The van der Waals surface area contributed by atoms with Gasteiger partial charge in [-0.25, -0.2) is 9.67 Å². The molecule has 0 fully saturated rings. The monoisotopic (exact) mass is 532 g/mol. The Balaban J connectivity index is 0.00000300. The van der Waals surface area contributed by atoms with E-state index < -0.39 is 0 Å². The van der Waals surface area contributed by atoms with Gasteiger partial charge in [0, 0.05) is 43.6 Å². The number of halogens is 2. The number of methoxy groups -OCH3 is 1. The standard InChI is InChI=1S/C20H29ClN6O.HI/c1-20(2,14-5-7-15(21)8-6-14)13-23-19(22-3)24-16-9-10-18-25-17(12-28-4)26-27(18)11-16;/h5-8,16H,9-13H2,1-4H3,(H2,22,23,24);1H. The molecule has 2 aromatic rings. The average Bonchev–Trinajstić information content (AvgIpc) is 3.07. The van der Waals surface area contributed by atoms with E-state index in [9.17, 15) is 0 Å². The van der Waals surface area contributed by atoms with Gasteiger partial charge in [-0.15, -0.1) is 24.0 Å². The second-order valence-corrected chi connectivity index (χ2v) is 8.19. The molecule has 1 aromatic heterocycles. The second-order valence-electron chi connectivity index (χ2n) is 7.76. The van der Waals surface area contributed by atoms with Gasteiger partial charge in [0.1, 0.15) is 12.4 Å². The SMILES string of the molecule is CN=C(NCC(C)(C)c1ccc(Cl)cc1)NC1CCc2nc(COC)nn2C1.I. The third-order valence-corrected chi connectivity index (χ3v) is 5.32. The predicted octanol–water partition coefficient (Wildman–Crippen LogP) is 3.15. The zero-order valence-electron chi connectivity index (χ0n) is 17.4. The van der Waals surface area contributed by atoms with Crippen LogP contribution in [0.4, 0.5) is 0 Å². The molecule has 1 aliphatic heterocycles. The highest BCUT2D eigenvalue weighted by Gasteiger charge is 2.24. The number of aryl methyl sites for hydroxylation is 1. The van der Waals surface area contributed by atoms with Crippen LogP contribution in [0.25, 0.3) is 0 Å². The van der Waals surface area contributed by atoms with E-state index in [1.54, 1.807) is 14.2 Å². The van der Waals surface area contributed by atoms with Crippen LogP contribution in [0.5, 0.6) is 0 Å². The van der Waals surface area contributed by atoms with E-state index in [4.69, 9.17) is 16.3 Å². The number of ether oxygens (including phenoxy) is 1. The number of guanidine groups is 1. The van der Waals surface area contributed by atoms with Crippen LogP contribution in [0.1, 0.15) is 37.5 Å². The second kappa shape index (κ2) is 10.6. The summed E-state index contributed by atoms with van der Waals surface area (Å²) < 4.78 is 7.10. The van der Waals surface area contributed by atoms with E-state index >= 15 is 0 Å². The summed E-state index contributed by atoms with van der Waals surface area (Å²) in [7, 11) is 3.45. The fourth-order valence-electron chi connectivity index (χ4n) is 3.36. The number of benzene rings is 1. The molecule has 160 valence electrons. The number of aromatic nitrogens is 3. The number of hydrogen-bond donors (Lipinski definition) is 2. The minimum absolute atomic E-state index is 0. The Morgan fingerprint density at radius 2 is 2.07 bits per heavy atom. The van der Waals surface area contributed by atoms with Crippen LogP contribution in [0, 0.1) is 0 Å². The van der Waals surface area contributed by atoms with Crippen molar-refractivity contribution in [3.63, 3.8) is 0 Å². The Bertz CT molecular complexity index is 821. The Labute approximate surface area is 194 Å². The molecule has 0 radical (unpaired) electrons. The number of nitrogens with zero attached hydrogens (tertiary/aromatic N) is 4. The van der Waals surface area contributed by atoms with Gasteiger partial charge in [-0.3, -0.25) is 4.99 Å². The maximum atomic E-state index is 6.01. The number of rotatable bonds is 6. The molecular formula is C20H30ClIN6O. The third-order valence-electron chi connectivity index (χ3n) is 5.06. The smallest absolute Gasteiger partial charge is 0.191 e. The summed E-state index contributed by atoms with van der Waals surface area (Å²) in [5.74, 6) is 2.56. The third kappa shape index (κ3) is 6.29. The summed E-state index contributed by atoms with van der Waals surface area (Å²) in [6, 6.07) is 8.27. The van der Waals surface area contributed by atoms with Gasteiger partial charge in [0.2, 0.25) is 0 Å². The summed E-state index contributed by atoms with van der Waals surface area (Å²) in [5, 5.41) is 12.3. The van der Waals surface area contributed by atoms with Crippen molar-refractivity contribution in [1.29, 1.82) is 0 Å². The molecule has 3 rings (SSSR count). The lowest BCUT2D eigenvalue weighted by Gasteiger charge is -2.29. The maximum Gasteiger partial charge on any atom is 0.191 e. The zero-order valence-corrected chi connectivity index (χ0v) is 20.5. The van der Waals surface area contributed by atoms with Crippen molar-refractivity contribution in [3.05, 3.63) is 46.5 Å². The molecule has 0 spiro atoms. The first-order valence-corrected chi connectivity index (χ1v) is 9.94. The van der Waals surface area contributed by atoms with Gasteiger partial charge < -0.3 is 15.4 Å². The molecule has 0 bridgehead atoms. The molecule has 0 aliphatic carbocycles. The lowest BCUT2D eigenvalue weighted by molar-refractivity contribution is 0.177. The predicted molar refractivity (Wildman–Crippen MR) is 127 cm³/mol. The fourth-order valence-corrected chi connectivity index (χ4v) is 3.49. The molecule has 9 heteroatoms. The first-order valence-electron chi connectivity index (χ1n) is 9.56. The lowest BCUT2D eigenvalue weighted by Crippen LogP contribution is -2.49. The van der Waals surface area contributed by atoms with Gasteiger partial charge in [-0.2, -0.15) is 5.10 Å². The maximum absolute atomic E-state index is 6.01. The van der Waals surface area contributed by atoms with Gasteiger partial charge in [0.05, 0.1) is 6.54 Å². The van der Waals surface area contributed by atoms with Crippen molar-refractivity contribution in [2.24, 2.45) is 4.99 Å². The highest BCUT2D eigenvalue weighted by molar-refractivity contribution is 14.0. The minimum atomic E-state index is -0.0527. The molecule has 2 N–H and O–H groups in total. The normalized spacial score (nSPS) is 16.7. The van der Waals surface area contributed by atoms with Crippen molar-refractivity contribution < 1.29 is 4.74 Å². The Morgan fingerprint density at radius 3 is 2.72 bits per heavy atom. The topological polar surface area (TPSA) is 76.4 Å². The number of hydrogen-bond acceptors (Lipinski definition) is 4. The van der Waals surface area contributed by atoms with Crippen LogP contribution in [-0.4, -0.2) is 47.5 Å². The zero-order chi connectivity index (χ0) is 20.1. The van der Waals surface area contributed by atoms with Crippen LogP contribution in [0.15, 0.2) is 29.3 Å². The number of aliphatic imine (C=N–C) groups is 1. The van der Waals surface area contributed by atoms with Gasteiger partial charge in [0.15, 0.2) is 11.8 Å². The summed E-state index contributed by atoms with van der Waals surface area (Å²) in [4.78, 5) is 8.92. The van der Waals surface area contributed by atoms with Crippen LogP contribution < -0.4 is 10.6 Å². The fraction of sp³-hybridized carbons (Fsp3) is 0.550. The van der Waals surface area contributed by atoms with E-state index in [1.807, 2.05) is 16.8 Å². The van der Waals surface area contributed by atoms with Crippen molar-refractivity contribution >= 4 is 41.5 Å². The van der Waals surface area contributed by atoms with E-state index in [-0.39, 0.29) is 35.4 Å². The Hall–Kier alpha value is -1.39. The molecule has 1 aliphatic rings. The van der Waals surface area contributed by atoms with Gasteiger partial charge in [0.25, 0.3) is 0 Å². The minimum Gasteiger partial charge on any atom is -0.377 e. The summed E-state index contributed by atoms with van der Waals surface area (Å²) in [6.07, 6.45) is 1.88. The lowest BCUT2D eigenvalue weighted by atomic mass is 9.85. The molecule has 1 unspecified atom stereocenters. The van der Waals surface area contributed by atoms with Crippen LogP contribution >= 0.6 is 35.6 Å². The molecule has 7 nitrogen and oxygen atoms in total. The van der Waals surface area contributed by atoms with E-state index in [0.717, 1.165) is 48.6 Å². The molecule has 0 saturated carbocycles. The largest absolute Gasteiger partial charge is 0.377 e. The van der Waals surface area contributed by atoms with Crippen molar-refractivity contribution in [1.82, 2.24) is 25.4 Å². The highest BCUT2D eigenvalue weighted by atomic mass is 127. The summed E-state index contributed by atoms with van der Waals surface area (Å²) in [6.45, 7) is 6.38. The van der Waals surface area contributed by atoms with E-state index in [2.05, 4.69) is 51.7 Å². The van der Waals surface area contributed by atoms with E-state index in [0.29, 0.717) is 6.61 Å². The molecule has 1 atom stereocenters. The van der Waals surface area contributed by atoms with Crippen LogP contribution in [0.3, 0.4) is 0 Å². The van der Waals surface area contributed by atoms with Gasteiger partial charge in [-0.1, -0.05) is 37.6 Å². The van der Waals surface area contributed by atoms with Crippen LogP contribution in [-0.2, 0) is 29.7 Å². The van der Waals surface area contributed by atoms with Gasteiger partial charge >= 0.3 is 0 Å². The van der Waals surface area contributed by atoms with Gasteiger partial charge in [-0.05, 0) is 24.1 Å². The first kappa shape index (κ1) is 23.9. The molecule has 29 heavy (non-hydrogen) atoms.